The smallest absolute Gasteiger partial charge is 0.412 e. The number of nitrogens with two attached hydrogens (primary N) is 1. The summed E-state index contributed by atoms with van der Waals surface area (Å²) in [7, 11) is 1.28. The third-order valence-electron chi connectivity index (χ3n) is 3.72. The van der Waals surface area contributed by atoms with Crippen molar-refractivity contribution in [2.75, 3.05) is 19.0 Å². The molecule has 0 spiro atoms. The highest BCUT2D eigenvalue weighted by atomic mass is 35.5. The van der Waals surface area contributed by atoms with E-state index in [0.29, 0.717) is 34.8 Å². The molecule has 0 bridgehead atoms. The molecule has 27 heavy (non-hydrogen) atoms. The van der Waals surface area contributed by atoms with Gasteiger partial charge in [-0.25, -0.2) is 9.78 Å². The number of ether oxygens (including phenoxy) is 2. The Bertz CT molecular complexity index is 796. The maximum absolute atomic E-state index is 11.3. The van der Waals surface area contributed by atoms with E-state index in [1.54, 1.807) is 30.6 Å². The van der Waals surface area contributed by atoms with Crippen molar-refractivity contribution < 1.29 is 14.3 Å². The maximum Gasteiger partial charge on any atom is 0.412 e. The summed E-state index contributed by atoms with van der Waals surface area (Å²) >= 11 is 6.35. The van der Waals surface area contributed by atoms with Crippen LogP contribution in [0.4, 0.5) is 10.6 Å². The maximum atomic E-state index is 11.3. The Morgan fingerprint density at radius 3 is 2.74 bits per heavy atom. The molecule has 0 aliphatic heterocycles. The standard InChI is InChI=1S/C19H25ClN4O3/c1-12(2)9-19(3,21)11-27-16-10-23-15(8-14(16)20)13-5-6-22-17(7-13)24-18(25)26-4/h5-8,10,12H,9,11,21H2,1-4H3,(H,22,24,25). The molecule has 1 unspecified atom stereocenters. The average molecular weight is 393 g/mol. The zero-order valence-corrected chi connectivity index (χ0v) is 16.7. The van der Waals surface area contributed by atoms with E-state index in [2.05, 4.69) is 33.9 Å². The first-order valence-corrected chi connectivity index (χ1v) is 8.96. The number of anilines is 1. The predicted molar refractivity (Wildman–Crippen MR) is 106 cm³/mol. The number of hydrogen-bond donors (Lipinski definition) is 2. The molecule has 2 heterocycles. The summed E-state index contributed by atoms with van der Waals surface area (Å²) in [6.07, 6.45) is 3.37. The van der Waals surface area contributed by atoms with Gasteiger partial charge in [0.1, 0.15) is 12.4 Å². The first-order valence-electron chi connectivity index (χ1n) is 8.59. The number of pyridine rings is 2. The summed E-state index contributed by atoms with van der Waals surface area (Å²) < 4.78 is 10.3. The zero-order valence-electron chi connectivity index (χ0n) is 16.0. The minimum absolute atomic E-state index is 0.342. The van der Waals surface area contributed by atoms with E-state index in [-0.39, 0.29) is 0 Å². The lowest BCUT2D eigenvalue weighted by Gasteiger charge is -2.26. The van der Waals surface area contributed by atoms with E-state index >= 15 is 0 Å². The van der Waals surface area contributed by atoms with Crippen molar-refractivity contribution in [2.45, 2.75) is 32.7 Å². The van der Waals surface area contributed by atoms with Crippen LogP contribution in [0.3, 0.4) is 0 Å². The van der Waals surface area contributed by atoms with E-state index < -0.39 is 11.6 Å². The van der Waals surface area contributed by atoms with Gasteiger partial charge in [0, 0.05) is 17.3 Å². The van der Waals surface area contributed by atoms with Crippen molar-refractivity contribution in [3.8, 4) is 17.0 Å². The molecule has 3 N–H and O–H groups in total. The van der Waals surface area contributed by atoms with Crippen LogP contribution in [0.1, 0.15) is 27.2 Å². The van der Waals surface area contributed by atoms with Crippen LogP contribution in [-0.4, -0.2) is 35.3 Å². The third-order valence-corrected chi connectivity index (χ3v) is 4.02. The Hall–Kier alpha value is -2.38. The molecular formula is C19H25ClN4O3. The monoisotopic (exact) mass is 392 g/mol. The SMILES string of the molecule is COC(=O)Nc1cc(-c2cc(Cl)c(OCC(C)(N)CC(C)C)cn2)ccn1. The van der Waals surface area contributed by atoms with E-state index in [1.165, 1.54) is 7.11 Å². The molecule has 0 fully saturated rings. The number of methoxy groups -OCH3 is 1. The van der Waals surface area contributed by atoms with Gasteiger partial charge in [0.05, 0.1) is 24.0 Å². The molecule has 1 amide bonds. The highest BCUT2D eigenvalue weighted by molar-refractivity contribution is 6.32. The summed E-state index contributed by atoms with van der Waals surface area (Å²) in [5.74, 6) is 1.30. The number of nitrogens with one attached hydrogen (secondary N) is 1. The minimum Gasteiger partial charge on any atom is -0.488 e. The van der Waals surface area contributed by atoms with Gasteiger partial charge < -0.3 is 15.2 Å². The summed E-state index contributed by atoms with van der Waals surface area (Å²) in [4.78, 5) is 19.8. The van der Waals surface area contributed by atoms with Gasteiger partial charge in [0.25, 0.3) is 0 Å². The van der Waals surface area contributed by atoms with Crippen LogP contribution in [-0.2, 0) is 4.74 Å². The van der Waals surface area contributed by atoms with Crippen molar-refractivity contribution in [3.05, 3.63) is 35.6 Å². The lowest BCUT2D eigenvalue weighted by molar-refractivity contribution is 0.187. The van der Waals surface area contributed by atoms with Gasteiger partial charge in [-0.3, -0.25) is 10.3 Å². The van der Waals surface area contributed by atoms with E-state index in [4.69, 9.17) is 22.1 Å². The fourth-order valence-electron chi connectivity index (χ4n) is 2.73. The van der Waals surface area contributed by atoms with Crippen molar-refractivity contribution in [3.63, 3.8) is 0 Å². The number of amides is 1. The van der Waals surface area contributed by atoms with Crippen LogP contribution < -0.4 is 15.8 Å². The minimum atomic E-state index is -0.597. The quantitative estimate of drug-likeness (QED) is 0.735. The second kappa shape index (κ2) is 9.01. The molecular weight excluding hydrogens is 368 g/mol. The summed E-state index contributed by atoms with van der Waals surface area (Å²) in [6, 6.07) is 5.14. The second-order valence-corrected chi connectivity index (χ2v) is 7.49. The lowest BCUT2D eigenvalue weighted by Crippen LogP contribution is -2.43. The second-order valence-electron chi connectivity index (χ2n) is 7.09. The van der Waals surface area contributed by atoms with Gasteiger partial charge in [-0.15, -0.1) is 0 Å². The first-order chi connectivity index (χ1) is 12.7. The van der Waals surface area contributed by atoms with Gasteiger partial charge in [0.2, 0.25) is 0 Å². The molecule has 2 aromatic rings. The first kappa shape index (κ1) is 20.9. The fraction of sp³-hybridized carbons (Fsp3) is 0.421. The number of nitrogens with zero attached hydrogens (tertiary/aromatic N) is 2. The Balaban J connectivity index is 2.12. The van der Waals surface area contributed by atoms with Gasteiger partial charge in [0.15, 0.2) is 5.75 Å². The third kappa shape index (κ3) is 6.37. The Labute approximate surface area is 164 Å². The molecule has 7 nitrogen and oxygen atoms in total. The Morgan fingerprint density at radius 2 is 2.11 bits per heavy atom. The highest BCUT2D eigenvalue weighted by Crippen LogP contribution is 2.29. The molecule has 0 saturated carbocycles. The predicted octanol–water partition coefficient (Wildman–Crippen LogP) is 4.12. The molecule has 1 atom stereocenters. The Morgan fingerprint density at radius 1 is 1.37 bits per heavy atom. The van der Waals surface area contributed by atoms with E-state index in [1.807, 2.05) is 6.92 Å². The number of hydrogen-bond acceptors (Lipinski definition) is 6. The molecule has 0 aliphatic rings. The number of rotatable bonds is 7. The lowest BCUT2D eigenvalue weighted by atomic mass is 9.93. The van der Waals surface area contributed by atoms with Crippen LogP contribution >= 0.6 is 11.6 Å². The van der Waals surface area contributed by atoms with E-state index in [9.17, 15) is 4.79 Å². The van der Waals surface area contributed by atoms with Crippen LogP contribution in [0.25, 0.3) is 11.3 Å². The summed E-state index contributed by atoms with van der Waals surface area (Å²) in [6.45, 7) is 6.53. The number of carbonyl (C=O) groups excluding carboxylic acids is 1. The van der Waals surface area contributed by atoms with Gasteiger partial charge in [-0.1, -0.05) is 25.4 Å². The molecule has 0 aromatic carbocycles. The normalized spacial score (nSPS) is 13.1. The van der Waals surface area contributed by atoms with E-state index in [0.717, 1.165) is 12.0 Å². The topological polar surface area (TPSA) is 99.4 Å². The number of aromatic nitrogens is 2. The van der Waals surface area contributed by atoms with Gasteiger partial charge >= 0.3 is 6.09 Å². The average Bonchev–Trinajstić information content (AvgIpc) is 2.59. The molecule has 2 aromatic heterocycles. The molecule has 0 aliphatic carbocycles. The van der Waals surface area contributed by atoms with Crippen LogP contribution in [0.5, 0.6) is 5.75 Å². The zero-order chi connectivity index (χ0) is 20.0. The fourth-order valence-corrected chi connectivity index (χ4v) is 2.94. The largest absolute Gasteiger partial charge is 0.488 e. The molecule has 146 valence electrons. The van der Waals surface area contributed by atoms with Crippen LogP contribution in [0, 0.1) is 5.92 Å². The van der Waals surface area contributed by atoms with Crippen molar-refractivity contribution in [1.82, 2.24) is 9.97 Å². The van der Waals surface area contributed by atoms with Crippen LogP contribution in [0.15, 0.2) is 30.6 Å². The molecule has 0 saturated heterocycles. The number of halogens is 1. The number of carbonyl (C=O) groups is 1. The molecule has 8 heteroatoms. The van der Waals surface area contributed by atoms with Crippen molar-refractivity contribution in [2.24, 2.45) is 11.7 Å². The molecule has 2 rings (SSSR count). The van der Waals surface area contributed by atoms with Crippen molar-refractivity contribution >= 4 is 23.5 Å². The highest BCUT2D eigenvalue weighted by Gasteiger charge is 2.21. The van der Waals surface area contributed by atoms with Crippen LogP contribution in [0.2, 0.25) is 5.02 Å². The van der Waals surface area contributed by atoms with Gasteiger partial charge in [-0.2, -0.15) is 0 Å². The Kier molecular flexibility index (Phi) is 6.98. The molecule has 0 radical (unpaired) electrons. The van der Waals surface area contributed by atoms with Crippen molar-refractivity contribution in [1.29, 1.82) is 0 Å². The summed E-state index contributed by atoms with van der Waals surface area (Å²) in [5, 5.41) is 2.94. The van der Waals surface area contributed by atoms with Gasteiger partial charge in [-0.05, 0) is 37.5 Å². The summed E-state index contributed by atoms with van der Waals surface area (Å²) in [5.41, 5.74) is 7.18.